The second kappa shape index (κ2) is 4.12. The minimum Gasteiger partial charge on any atom is -0.371 e. The van der Waals surface area contributed by atoms with E-state index in [4.69, 9.17) is 0 Å². The third-order valence-corrected chi connectivity index (χ3v) is 3.75. The first-order valence-corrected chi connectivity index (χ1v) is 6.63. The van der Waals surface area contributed by atoms with Crippen molar-refractivity contribution in [2.24, 2.45) is 11.8 Å². The van der Waals surface area contributed by atoms with Gasteiger partial charge < -0.3 is 4.90 Å². The zero-order chi connectivity index (χ0) is 11.0. The summed E-state index contributed by atoms with van der Waals surface area (Å²) < 4.78 is 0. The molecule has 86 valence electrons. The molecule has 0 unspecified atom stereocenters. The van der Waals surface area contributed by atoms with Crippen LogP contribution in [0.25, 0.3) is 0 Å². The van der Waals surface area contributed by atoms with E-state index >= 15 is 0 Å². The van der Waals surface area contributed by atoms with Crippen molar-refractivity contribution >= 4 is 5.69 Å². The molecule has 1 nitrogen and oxygen atoms in total. The normalized spacial score (nSPS) is 19.8. The molecule has 2 saturated carbocycles. The predicted octanol–water partition coefficient (Wildman–Crippen LogP) is 3.62. The third kappa shape index (κ3) is 2.58. The fourth-order valence-corrected chi connectivity index (χ4v) is 2.27. The molecular weight excluding hydrogens is 194 g/mol. The van der Waals surface area contributed by atoms with Crippen LogP contribution in [0.4, 0.5) is 5.69 Å². The molecule has 0 amide bonds. The van der Waals surface area contributed by atoms with Crippen LogP contribution in [0.5, 0.6) is 0 Å². The van der Waals surface area contributed by atoms with Crippen LogP contribution in [0.3, 0.4) is 0 Å². The highest BCUT2D eigenvalue weighted by Gasteiger charge is 2.29. The molecule has 0 saturated heterocycles. The van der Waals surface area contributed by atoms with Crippen LogP contribution in [-0.4, -0.2) is 13.1 Å². The number of hydrogen-bond donors (Lipinski definition) is 0. The Morgan fingerprint density at radius 1 is 0.938 bits per heavy atom. The van der Waals surface area contributed by atoms with Crippen molar-refractivity contribution in [2.75, 3.05) is 18.0 Å². The van der Waals surface area contributed by atoms with Crippen LogP contribution in [-0.2, 0) is 0 Å². The maximum absolute atomic E-state index is 2.62. The molecule has 2 aliphatic carbocycles. The maximum Gasteiger partial charge on any atom is 0.0366 e. The van der Waals surface area contributed by atoms with Crippen molar-refractivity contribution in [3.63, 3.8) is 0 Å². The van der Waals surface area contributed by atoms with Crippen molar-refractivity contribution in [1.29, 1.82) is 0 Å². The smallest absolute Gasteiger partial charge is 0.0366 e. The van der Waals surface area contributed by atoms with E-state index in [-0.39, 0.29) is 0 Å². The zero-order valence-corrected chi connectivity index (χ0v) is 10.2. The number of benzene rings is 1. The summed E-state index contributed by atoms with van der Waals surface area (Å²) in [6.07, 6.45) is 5.81. The van der Waals surface area contributed by atoms with Crippen molar-refractivity contribution in [1.82, 2.24) is 0 Å². The summed E-state index contributed by atoms with van der Waals surface area (Å²) in [7, 11) is 0. The van der Waals surface area contributed by atoms with E-state index in [0.717, 1.165) is 11.8 Å². The molecule has 2 aliphatic rings. The second-order valence-electron chi connectivity index (χ2n) is 5.63. The topological polar surface area (TPSA) is 3.24 Å². The standard InChI is InChI=1S/C15H21N/c1-12-2-8-15(9-3-12)16(10-13-4-5-13)11-14-6-7-14/h2-3,8-9,13-14H,4-7,10-11H2,1H3. The lowest BCUT2D eigenvalue weighted by Gasteiger charge is -2.25. The van der Waals surface area contributed by atoms with E-state index in [0.29, 0.717) is 0 Å². The quantitative estimate of drug-likeness (QED) is 0.725. The van der Waals surface area contributed by atoms with Gasteiger partial charge in [0.25, 0.3) is 0 Å². The molecular formula is C15H21N. The van der Waals surface area contributed by atoms with E-state index in [1.165, 1.54) is 50.0 Å². The van der Waals surface area contributed by atoms with Gasteiger partial charge in [0.05, 0.1) is 0 Å². The molecule has 0 bridgehead atoms. The Labute approximate surface area is 98.5 Å². The van der Waals surface area contributed by atoms with Crippen LogP contribution >= 0.6 is 0 Å². The van der Waals surface area contributed by atoms with Gasteiger partial charge in [-0.1, -0.05) is 17.7 Å². The minimum atomic E-state index is 0.986. The van der Waals surface area contributed by atoms with Crippen molar-refractivity contribution in [3.05, 3.63) is 29.8 Å². The van der Waals surface area contributed by atoms with E-state index in [1.54, 1.807) is 0 Å². The van der Waals surface area contributed by atoms with Crippen LogP contribution < -0.4 is 4.90 Å². The van der Waals surface area contributed by atoms with E-state index in [2.05, 4.69) is 36.1 Å². The van der Waals surface area contributed by atoms with Gasteiger partial charge in [-0.15, -0.1) is 0 Å². The Morgan fingerprint density at radius 2 is 1.44 bits per heavy atom. The summed E-state index contributed by atoms with van der Waals surface area (Å²) in [5.41, 5.74) is 2.80. The van der Waals surface area contributed by atoms with E-state index < -0.39 is 0 Å². The summed E-state index contributed by atoms with van der Waals surface area (Å²) in [4.78, 5) is 2.62. The first kappa shape index (κ1) is 10.2. The molecule has 16 heavy (non-hydrogen) atoms. The molecule has 1 heteroatoms. The lowest BCUT2D eigenvalue weighted by atomic mass is 10.2. The molecule has 1 aromatic carbocycles. The molecule has 0 aromatic heterocycles. The van der Waals surface area contributed by atoms with Gasteiger partial charge in [0.15, 0.2) is 0 Å². The molecule has 0 atom stereocenters. The monoisotopic (exact) mass is 215 g/mol. The minimum absolute atomic E-state index is 0.986. The largest absolute Gasteiger partial charge is 0.371 e. The Morgan fingerprint density at radius 3 is 1.88 bits per heavy atom. The number of hydrogen-bond acceptors (Lipinski definition) is 1. The van der Waals surface area contributed by atoms with Gasteiger partial charge in [0.2, 0.25) is 0 Å². The average Bonchev–Trinajstić information content (AvgIpc) is 3.12. The molecule has 0 heterocycles. The zero-order valence-electron chi connectivity index (χ0n) is 10.2. The SMILES string of the molecule is Cc1ccc(N(CC2CC2)CC2CC2)cc1. The fraction of sp³-hybridized carbons (Fsp3) is 0.600. The summed E-state index contributed by atoms with van der Waals surface area (Å²) in [6.45, 7) is 4.75. The molecule has 0 radical (unpaired) electrons. The van der Waals surface area contributed by atoms with E-state index in [1.807, 2.05) is 0 Å². The van der Waals surface area contributed by atoms with Gasteiger partial charge in [0.1, 0.15) is 0 Å². The summed E-state index contributed by atoms with van der Waals surface area (Å²) in [5.74, 6) is 1.97. The van der Waals surface area contributed by atoms with Gasteiger partial charge in [-0.25, -0.2) is 0 Å². The Kier molecular flexibility index (Phi) is 2.62. The summed E-state index contributed by atoms with van der Waals surface area (Å²) in [6, 6.07) is 9.06. The van der Waals surface area contributed by atoms with Crippen molar-refractivity contribution < 1.29 is 0 Å². The molecule has 3 rings (SSSR count). The van der Waals surface area contributed by atoms with Gasteiger partial charge in [-0.05, 0) is 56.6 Å². The predicted molar refractivity (Wildman–Crippen MR) is 68.8 cm³/mol. The molecule has 0 spiro atoms. The number of aryl methyl sites for hydroxylation is 1. The maximum atomic E-state index is 2.62. The highest BCUT2D eigenvalue weighted by molar-refractivity contribution is 5.48. The van der Waals surface area contributed by atoms with Gasteiger partial charge in [0, 0.05) is 18.8 Å². The Balaban J connectivity index is 1.71. The number of rotatable bonds is 5. The van der Waals surface area contributed by atoms with E-state index in [9.17, 15) is 0 Å². The lowest BCUT2D eigenvalue weighted by Crippen LogP contribution is -2.27. The number of nitrogens with zero attached hydrogens (tertiary/aromatic N) is 1. The van der Waals surface area contributed by atoms with Crippen molar-refractivity contribution in [2.45, 2.75) is 32.6 Å². The fourth-order valence-electron chi connectivity index (χ4n) is 2.27. The van der Waals surface area contributed by atoms with Crippen molar-refractivity contribution in [3.8, 4) is 0 Å². The van der Waals surface area contributed by atoms with Gasteiger partial charge in [-0.2, -0.15) is 0 Å². The number of anilines is 1. The van der Waals surface area contributed by atoms with Crippen LogP contribution in [0, 0.1) is 18.8 Å². The second-order valence-corrected chi connectivity index (χ2v) is 5.63. The Hall–Kier alpha value is -0.980. The highest BCUT2D eigenvalue weighted by atomic mass is 15.1. The van der Waals surface area contributed by atoms with Crippen LogP contribution in [0.15, 0.2) is 24.3 Å². The van der Waals surface area contributed by atoms with Gasteiger partial charge in [-0.3, -0.25) is 0 Å². The third-order valence-electron chi connectivity index (χ3n) is 3.75. The molecule has 1 aromatic rings. The van der Waals surface area contributed by atoms with Crippen LogP contribution in [0.1, 0.15) is 31.2 Å². The molecule has 2 fully saturated rings. The summed E-state index contributed by atoms with van der Waals surface area (Å²) in [5, 5.41) is 0. The molecule has 0 N–H and O–H groups in total. The summed E-state index contributed by atoms with van der Waals surface area (Å²) >= 11 is 0. The average molecular weight is 215 g/mol. The van der Waals surface area contributed by atoms with Crippen LogP contribution in [0.2, 0.25) is 0 Å². The Bertz CT molecular complexity index is 332. The first-order valence-electron chi connectivity index (χ1n) is 6.63. The lowest BCUT2D eigenvalue weighted by molar-refractivity contribution is 0.679. The first-order chi connectivity index (χ1) is 7.81. The van der Waals surface area contributed by atoms with Gasteiger partial charge >= 0.3 is 0 Å². The highest BCUT2D eigenvalue weighted by Crippen LogP contribution is 2.35. The molecule has 0 aliphatic heterocycles.